The Morgan fingerprint density at radius 2 is 2.09 bits per heavy atom. The highest BCUT2D eigenvalue weighted by atomic mass is 32.2. The highest BCUT2D eigenvalue weighted by Crippen LogP contribution is 2.36. The van der Waals surface area contributed by atoms with Gasteiger partial charge in [0.2, 0.25) is 5.91 Å². The first-order valence-electron chi connectivity index (χ1n) is 7.38. The van der Waals surface area contributed by atoms with Crippen molar-refractivity contribution in [1.82, 2.24) is 14.9 Å². The summed E-state index contributed by atoms with van der Waals surface area (Å²) in [6.07, 6.45) is 0.347. The van der Waals surface area contributed by atoms with Crippen molar-refractivity contribution in [2.45, 2.75) is 44.4 Å². The minimum atomic E-state index is -0.254. The lowest BCUT2D eigenvalue weighted by atomic mass is 10.2. The lowest BCUT2D eigenvalue weighted by Crippen LogP contribution is -2.33. The maximum atomic E-state index is 12.4. The Balaban J connectivity index is 2.27. The molecule has 0 fully saturated rings. The third-order valence-corrected chi connectivity index (χ3v) is 5.85. The van der Waals surface area contributed by atoms with Gasteiger partial charge in [-0.1, -0.05) is 11.8 Å². The Morgan fingerprint density at radius 1 is 1.39 bits per heavy atom. The number of carbonyl (C=O) groups excluding carboxylic acids is 1. The third-order valence-electron chi connectivity index (χ3n) is 3.68. The largest absolute Gasteiger partial charge is 0.344 e. The van der Waals surface area contributed by atoms with E-state index in [-0.39, 0.29) is 11.2 Å². The van der Waals surface area contributed by atoms with Crippen LogP contribution in [0.4, 0.5) is 0 Å². The van der Waals surface area contributed by atoms with E-state index in [9.17, 15) is 4.79 Å². The number of fused-ring (bicyclic) bond motifs is 1. The van der Waals surface area contributed by atoms with Crippen molar-refractivity contribution >= 4 is 39.2 Å². The Hall–Kier alpha value is -1.65. The molecular weight excluding hydrogens is 328 g/mol. The SMILES string of the molecule is Cc1nc(S[C@@H](C)C(=O)N(C)CCC#N)c2c(C)c(C)sc2n1. The molecule has 0 aliphatic heterocycles. The van der Waals surface area contributed by atoms with E-state index in [4.69, 9.17) is 5.26 Å². The van der Waals surface area contributed by atoms with Crippen LogP contribution in [0.3, 0.4) is 0 Å². The second-order valence-electron chi connectivity index (χ2n) is 5.47. The second-order valence-corrected chi connectivity index (χ2v) is 8.00. The monoisotopic (exact) mass is 348 g/mol. The standard InChI is InChI=1S/C16H20N4OS2/c1-9-10(2)22-14-13(9)15(19-12(4)18-14)23-11(3)16(21)20(5)8-6-7-17/h11H,6,8H2,1-5H3/t11-/m0/s1. The summed E-state index contributed by atoms with van der Waals surface area (Å²) >= 11 is 3.13. The van der Waals surface area contributed by atoms with E-state index in [1.165, 1.54) is 22.2 Å². The average Bonchev–Trinajstić information content (AvgIpc) is 2.78. The van der Waals surface area contributed by atoms with Crippen molar-refractivity contribution in [2.75, 3.05) is 13.6 Å². The smallest absolute Gasteiger partial charge is 0.235 e. The van der Waals surface area contributed by atoms with Gasteiger partial charge in [0, 0.05) is 23.9 Å². The molecular formula is C16H20N4OS2. The number of hydrogen-bond donors (Lipinski definition) is 0. The van der Waals surface area contributed by atoms with Crippen LogP contribution in [-0.2, 0) is 4.79 Å². The highest BCUT2D eigenvalue weighted by Gasteiger charge is 2.22. The summed E-state index contributed by atoms with van der Waals surface area (Å²) in [6, 6.07) is 2.06. The van der Waals surface area contributed by atoms with Crippen LogP contribution in [0.1, 0.15) is 29.6 Å². The molecule has 2 aromatic heterocycles. The number of nitrogens with zero attached hydrogens (tertiary/aromatic N) is 4. The van der Waals surface area contributed by atoms with Crippen molar-refractivity contribution in [3.63, 3.8) is 0 Å². The van der Waals surface area contributed by atoms with Crippen LogP contribution >= 0.6 is 23.1 Å². The van der Waals surface area contributed by atoms with Gasteiger partial charge >= 0.3 is 0 Å². The van der Waals surface area contributed by atoms with Crippen molar-refractivity contribution in [1.29, 1.82) is 5.26 Å². The molecule has 5 nitrogen and oxygen atoms in total. The summed E-state index contributed by atoms with van der Waals surface area (Å²) < 4.78 is 0. The van der Waals surface area contributed by atoms with Gasteiger partial charge in [0.05, 0.1) is 17.7 Å². The topological polar surface area (TPSA) is 69.9 Å². The molecule has 2 rings (SSSR count). The van der Waals surface area contributed by atoms with Crippen LogP contribution in [0, 0.1) is 32.1 Å². The lowest BCUT2D eigenvalue weighted by molar-refractivity contribution is -0.128. The van der Waals surface area contributed by atoms with E-state index in [0.29, 0.717) is 13.0 Å². The zero-order chi connectivity index (χ0) is 17.1. The van der Waals surface area contributed by atoms with Crippen LogP contribution in [0.15, 0.2) is 5.03 Å². The molecule has 0 spiro atoms. The normalized spacial score (nSPS) is 12.2. The second kappa shape index (κ2) is 7.28. The number of hydrogen-bond acceptors (Lipinski definition) is 6. The van der Waals surface area contributed by atoms with Gasteiger partial charge in [0.15, 0.2) is 0 Å². The Kier molecular flexibility index (Phi) is 5.60. The maximum absolute atomic E-state index is 12.4. The van der Waals surface area contributed by atoms with Crippen LogP contribution < -0.4 is 0 Å². The van der Waals surface area contributed by atoms with E-state index in [1.54, 1.807) is 23.3 Å². The van der Waals surface area contributed by atoms with Crippen molar-refractivity contribution in [3.8, 4) is 6.07 Å². The first kappa shape index (κ1) is 17.7. The van der Waals surface area contributed by atoms with E-state index >= 15 is 0 Å². The summed E-state index contributed by atoms with van der Waals surface area (Å²) in [6.45, 7) is 8.36. The Bertz CT molecular complexity index is 778. The molecule has 1 amide bonds. The minimum absolute atomic E-state index is 0.0132. The van der Waals surface area contributed by atoms with Gasteiger partial charge in [-0.2, -0.15) is 5.26 Å². The lowest BCUT2D eigenvalue weighted by Gasteiger charge is -2.20. The molecule has 0 N–H and O–H groups in total. The molecule has 0 unspecified atom stereocenters. The van der Waals surface area contributed by atoms with Gasteiger partial charge in [-0.05, 0) is 33.3 Å². The Labute approximate surface area is 144 Å². The Morgan fingerprint density at radius 3 is 2.74 bits per heavy atom. The molecule has 0 saturated carbocycles. The van der Waals surface area contributed by atoms with E-state index in [0.717, 1.165) is 21.1 Å². The van der Waals surface area contributed by atoms with E-state index in [2.05, 4.69) is 29.9 Å². The fraction of sp³-hybridized carbons (Fsp3) is 0.500. The molecule has 23 heavy (non-hydrogen) atoms. The fourth-order valence-electron chi connectivity index (χ4n) is 2.26. The van der Waals surface area contributed by atoms with Gasteiger partial charge < -0.3 is 4.90 Å². The van der Waals surface area contributed by atoms with Gasteiger partial charge in [-0.3, -0.25) is 4.79 Å². The minimum Gasteiger partial charge on any atom is -0.344 e. The first-order valence-corrected chi connectivity index (χ1v) is 9.07. The predicted molar refractivity (Wildman–Crippen MR) is 94.8 cm³/mol. The molecule has 0 aliphatic carbocycles. The number of thiophene rings is 1. The summed E-state index contributed by atoms with van der Waals surface area (Å²) in [5.74, 6) is 0.734. The van der Waals surface area contributed by atoms with Crippen molar-refractivity contribution < 1.29 is 4.79 Å². The van der Waals surface area contributed by atoms with Crippen LogP contribution in [0.25, 0.3) is 10.2 Å². The molecule has 0 aliphatic rings. The molecule has 0 saturated heterocycles. The molecule has 1 atom stereocenters. The zero-order valence-electron chi connectivity index (χ0n) is 14.0. The van der Waals surface area contributed by atoms with E-state index < -0.39 is 0 Å². The molecule has 2 aromatic rings. The molecule has 0 aromatic carbocycles. The van der Waals surface area contributed by atoms with Crippen LogP contribution in [-0.4, -0.2) is 39.6 Å². The van der Waals surface area contributed by atoms with Gasteiger partial charge in [0.1, 0.15) is 15.7 Å². The zero-order valence-corrected chi connectivity index (χ0v) is 15.6. The number of aryl methyl sites for hydroxylation is 3. The fourth-order valence-corrected chi connectivity index (χ4v) is 4.56. The van der Waals surface area contributed by atoms with Crippen molar-refractivity contribution in [2.24, 2.45) is 0 Å². The summed E-state index contributed by atoms with van der Waals surface area (Å²) in [5.41, 5.74) is 1.19. The van der Waals surface area contributed by atoms with Gasteiger partial charge in [0.25, 0.3) is 0 Å². The molecule has 0 radical (unpaired) electrons. The number of rotatable bonds is 5. The van der Waals surface area contributed by atoms with Crippen LogP contribution in [0.2, 0.25) is 0 Å². The highest BCUT2D eigenvalue weighted by molar-refractivity contribution is 8.00. The quantitative estimate of drug-likeness (QED) is 0.611. The van der Waals surface area contributed by atoms with Gasteiger partial charge in [-0.15, -0.1) is 11.3 Å². The molecule has 122 valence electrons. The molecule has 0 bridgehead atoms. The first-order chi connectivity index (χ1) is 10.8. The summed E-state index contributed by atoms with van der Waals surface area (Å²) in [5, 5.41) is 10.3. The molecule has 7 heteroatoms. The summed E-state index contributed by atoms with van der Waals surface area (Å²) in [7, 11) is 1.73. The third kappa shape index (κ3) is 3.82. The predicted octanol–water partition coefficient (Wildman–Crippen LogP) is 3.47. The van der Waals surface area contributed by atoms with Crippen molar-refractivity contribution in [3.05, 3.63) is 16.3 Å². The van der Waals surface area contributed by atoms with Crippen LogP contribution in [0.5, 0.6) is 0 Å². The van der Waals surface area contributed by atoms with Gasteiger partial charge in [-0.25, -0.2) is 9.97 Å². The number of aromatic nitrogens is 2. The van der Waals surface area contributed by atoms with E-state index in [1.807, 2.05) is 13.8 Å². The number of thioether (sulfide) groups is 1. The number of amides is 1. The molecule has 2 heterocycles. The summed E-state index contributed by atoms with van der Waals surface area (Å²) in [4.78, 5) is 25.3. The maximum Gasteiger partial charge on any atom is 0.235 e. The number of nitriles is 1. The number of carbonyl (C=O) groups is 1. The average molecular weight is 348 g/mol.